The number of nitrogens with zero attached hydrogens (tertiary/aromatic N) is 2. The van der Waals surface area contributed by atoms with Gasteiger partial charge in [-0.3, -0.25) is 4.79 Å². The number of alkyl halides is 3. The highest BCUT2D eigenvalue weighted by Crippen LogP contribution is 2.31. The highest BCUT2D eigenvalue weighted by Gasteiger charge is 2.34. The van der Waals surface area contributed by atoms with Gasteiger partial charge in [-0.2, -0.15) is 17.5 Å². The number of hydrogen-bond acceptors (Lipinski definition) is 5. The molecule has 2 aliphatic rings. The molecule has 1 aromatic rings. The van der Waals surface area contributed by atoms with E-state index in [0.29, 0.717) is 12.7 Å². The molecule has 0 bridgehead atoms. The molecule has 0 radical (unpaired) electrons. The van der Waals surface area contributed by atoms with Crippen LogP contribution in [0.15, 0.2) is 29.2 Å². The Bertz CT molecular complexity index is 833. The smallest absolute Gasteiger partial charge is 0.378 e. The number of halogens is 3. The molecule has 0 spiro atoms. The van der Waals surface area contributed by atoms with Crippen molar-refractivity contribution in [2.75, 3.05) is 46.0 Å². The first-order valence-corrected chi connectivity index (χ1v) is 11.3. The molecular weight excluding hydrogens is 425 g/mol. The molecule has 2 heterocycles. The normalized spacial score (nSPS) is 21.2. The lowest BCUT2D eigenvalue weighted by Gasteiger charge is -2.34. The largest absolute Gasteiger partial charge is 0.416 e. The molecule has 0 saturated carbocycles. The lowest BCUT2D eigenvalue weighted by Crippen LogP contribution is -2.50. The van der Waals surface area contributed by atoms with E-state index < -0.39 is 26.7 Å². The summed E-state index contributed by atoms with van der Waals surface area (Å²) in [6.07, 6.45) is -2.38. The number of carbonyl (C=O) groups is 1. The van der Waals surface area contributed by atoms with Gasteiger partial charge in [0.05, 0.1) is 36.2 Å². The van der Waals surface area contributed by atoms with Gasteiger partial charge in [0.15, 0.2) is 0 Å². The predicted molar refractivity (Wildman–Crippen MR) is 101 cm³/mol. The van der Waals surface area contributed by atoms with E-state index >= 15 is 0 Å². The average molecular weight is 450 g/mol. The number of amides is 1. The molecule has 7 nitrogen and oxygen atoms in total. The van der Waals surface area contributed by atoms with Crippen molar-refractivity contribution in [2.45, 2.75) is 36.4 Å². The Labute approximate surface area is 173 Å². The van der Waals surface area contributed by atoms with Gasteiger partial charge < -0.3 is 14.4 Å². The first-order valence-electron chi connectivity index (χ1n) is 9.82. The van der Waals surface area contributed by atoms with E-state index in [-0.39, 0.29) is 51.2 Å². The zero-order valence-corrected chi connectivity index (χ0v) is 17.3. The Hall–Kier alpha value is -1.69. The summed E-state index contributed by atoms with van der Waals surface area (Å²) in [6.45, 7) is 1.88. The van der Waals surface area contributed by atoms with Crippen LogP contribution in [0.5, 0.6) is 0 Å². The highest BCUT2D eigenvalue weighted by atomic mass is 32.2. The third-order valence-electron chi connectivity index (χ3n) is 5.18. The van der Waals surface area contributed by atoms with Gasteiger partial charge in [-0.05, 0) is 31.0 Å². The molecule has 0 aliphatic carbocycles. The number of benzene rings is 1. The SMILES string of the molecule is O=C(CCOCC1CCCO1)N1CCN(S(=O)(=O)c2cccc(C(F)(F)F)c2)CC1. The summed E-state index contributed by atoms with van der Waals surface area (Å²) < 4.78 is 76.1. The van der Waals surface area contributed by atoms with Gasteiger partial charge in [0.2, 0.25) is 15.9 Å². The number of carbonyl (C=O) groups excluding carboxylic acids is 1. The van der Waals surface area contributed by atoms with E-state index in [4.69, 9.17) is 9.47 Å². The Balaban J connectivity index is 1.48. The number of sulfonamides is 1. The summed E-state index contributed by atoms with van der Waals surface area (Å²) >= 11 is 0. The predicted octanol–water partition coefficient (Wildman–Crippen LogP) is 2.12. The summed E-state index contributed by atoms with van der Waals surface area (Å²) in [5, 5.41) is 0. The van der Waals surface area contributed by atoms with Crippen molar-refractivity contribution < 1.29 is 35.9 Å². The maximum absolute atomic E-state index is 12.9. The molecule has 2 aliphatic heterocycles. The van der Waals surface area contributed by atoms with Crippen LogP contribution in [-0.4, -0.2) is 75.6 Å². The Morgan fingerprint density at radius 2 is 1.93 bits per heavy atom. The average Bonchev–Trinajstić information content (AvgIpc) is 3.24. The molecule has 2 saturated heterocycles. The van der Waals surface area contributed by atoms with Gasteiger partial charge in [0.1, 0.15) is 0 Å². The summed E-state index contributed by atoms with van der Waals surface area (Å²) in [5.41, 5.74) is -1.01. The molecule has 1 atom stereocenters. The molecule has 1 aromatic carbocycles. The lowest BCUT2D eigenvalue weighted by atomic mass is 10.2. The molecule has 2 fully saturated rings. The maximum atomic E-state index is 12.9. The molecule has 1 unspecified atom stereocenters. The molecule has 0 N–H and O–H groups in total. The van der Waals surface area contributed by atoms with Crippen molar-refractivity contribution in [3.05, 3.63) is 29.8 Å². The van der Waals surface area contributed by atoms with Crippen molar-refractivity contribution in [1.82, 2.24) is 9.21 Å². The fraction of sp³-hybridized carbons (Fsp3) is 0.632. The fourth-order valence-corrected chi connectivity index (χ4v) is 4.94. The van der Waals surface area contributed by atoms with Gasteiger partial charge in [0.25, 0.3) is 0 Å². The van der Waals surface area contributed by atoms with Gasteiger partial charge >= 0.3 is 6.18 Å². The number of piperazine rings is 1. The third-order valence-corrected chi connectivity index (χ3v) is 7.07. The highest BCUT2D eigenvalue weighted by molar-refractivity contribution is 7.89. The summed E-state index contributed by atoms with van der Waals surface area (Å²) in [6, 6.07) is 3.69. The summed E-state index contributed by atoms with van der Waals surface area (Å²) in [4.78, 5) is 13.4. The van der Waals surface area contributed by atoms with E-state index in [1.54, 1.807) is 4.90 Å². The van der Waals surface area contributed by atoms with Gasteiger partial charge in [0, 0.05) is 32.8 Å². The van der Waals surface area contributed by atoms with Crippen LogP contribution in [0.1, 0.15) is 24.8 Å². The Morgan fingerprint density at radius 3 is 2.57 bits per heavy atom. The van der Waals surface area contributed by atoms with Crippen LogP contribution in [0.25, 0.3) is 0 Å². The van der Waals surface area contributed by atoms with Crippen molar-refractivity contribution in [2.24, 2.45) is 0 Å². The number of hydrogen-bond donors (Lipinski definition) is 0. The Morgan fingerprint density at radius 1 is 1.20 bits per heavy atom. The topological polar surface area (TPSA) is 76.2 Å². The van der Waals surface area contributed by atoms with Gasteiger partial charge in [-0.25, -0.2) is 8.42 Å². The van der Waals surface area contributed by atoms with Crippen LogP contribution in [0.3, 0.4) is 0 Å². The molecule has 3 rings (SSSR count). The lowest BCUT2D eigenvalue weighted by molar-refractivity contribution is -0.137. The summed E-state index contributed by atoms with van der Waals surface area (Å²) in [5.74, 6) is -0.140. The second kappa shape index (κ2) is 9.63. The minimum absolute atomic E-state index is 0.0289. The maximum Gasteiger partial charge on any atom is 0.416 e. The second-order valence-corrected chi connectivity index (χ2v) is 9.21. The zero-order valence-electron chi connectivity index (χ0n) is 16.4. The molecule has 30 heavy (non-hydrogen) atoms. The van der Waals surface area contributed by atoms with Crippen molar-refractivity contribution in [3.63, 3.8) is 0 Å². The van der Waals surface area contributed by atoms with E-state index in [9.17, 15) is 26.4 Å². The van der Waals surface area contributed by atoms with Crippen LogP contribution in [-0.2, 0) is 30.5 Å². The Kier molecular flexibility index (Phi) is 7.38. The molecule has 0 aromatic heterocycles. The quantitative estimate of drug-likeness (QED) is 0.595. The third kappa shape index (κ3) is 5.71. The molecular formula is C19H25F3N2O5S. The van der Waals surface area contributed by atoms with Crippen LogP contribution in [0.4, 0.5) is 13.2 Å². The molecule has 168 valence electrons. The first kappa shape index (κ1) is 23.0. The zero-order chi connectivity index (χ0) is 21.8. The molecule has 11 heteroatoms. The standard InChI is InChI=1S/C19H25F3N2O5S/c20-19(21,22)15-3-1-5-17(13-15)30(26,27)24-9-7-23(8-10-24)18(25)6-12-28-14-16-4-2-11-29-16/h1,3,5,13,16H,2,4,6-12,14H2. The van der Waals surface area contributed by atoms with Crippen LogP contribution < -0.4 is 0 Å². The minimum atomic E-state index is -4.62. The fourth-order valence-electron chi connectivity index (χ4n) is 3.47. The minimum Gasteiger partial charge on any atom is -0.378 e. The van der Waals surface area contributed by atoms with Crippen molar-refractivity contribution >= 4 is 15.9 Å². The van der Waals surface area contributed by atoms with E-state index in [0.717, 1.165) is 42.0 Å². The van der Waals surface area contributed by atoms with Gasteiger partial charge in [-0.15, -0.1) is 0 Å². The van der Waals surface area contributed by atoms with E-state index in [1.807, 2.05) is 0 Å². The van der Waals surface area contributed by atoms with Crippen LogP contribution in [0, 0.1) is 0 Å². The number of rotatable bonds is 7. The molecule has 1 amide bonds. The first-order chi connectivity index (χ1) is 14.2. The number of ether oxygens (including phenoxy) is 2. The second-order valence-electron chi connectivity index (χ2n) is 7.27. The van der Waals surface area contributed by atoms with E-state index in [1.165, 1.54) is 0 Å². The van der Waals surface area contributed by atoms with Crippen LogP contribution in [0.2, 0.25) is 0 Å². The monoisotopic (exact) mass is 450 g/mol. The van der Waals surface area contributed by atoms with Crippen LogP contribution >= 0.6 is 0 Å². The summed E-state index contributed by atoms with van der Waals surface area (Å²) in [7, 11) is -4.07. The van der Waals surface area contributed by atoms with Crippen molar-refractivity contribution in [1.29, 1.82) is 0 Å². The van der Waals surface area contributed by atoms with Gasteiger partial charge in [-0.1, -0.05) is 6.07 Å². The van der Waals surface area contributed by atoms with E-state index in [2.05, 4.69) is 0 Å². The van der Waals surface area contributed by atoms with Crippen molar-refractivity contribution in [3.8, 4) is 0 Å².